The summed E-state index contributed by atoms with van der Waals surface area (Å²) in [5.41, 5.74) is 7.54. The molecule has 0 aliphatic carbocycles. The number of aromatic nitrogens is 4. The number of hydrogen-bond donors (Lipinski definition) is 2. The van der Waals surface area contributed by atoms with Gasteiger partial charge in [-0.25, -0.2) is 15.0 Å². The topological polar surface area (TPSA) is 81.6 Å². The normalized spacial score (nSPS) is 10.5. The van der Waals surface area contributed by atoms with Crippen LogP contribution >= 0.6 is 11.6 Å². The summed E-state index contributed by atoms with van der Waals surface area (Å²) in [5.74, 6) is 1.15. The van der Waals surface area contributed by atoms with Crippen molar-refractivity contribution in [2.45, 2.75) is 6.54 Å². The molecule has 0 unspecified atom stereocenters. The summed E-state index contributed by atoms with van der Waals surface area (Å²) in [6, 6.07) is 7.62. The van der Waals surface area contributed by atoms with E-state index in [1.165, 1.54) is 6.33 Å². The number of benzene rings is 1. The third-order valence-electron chi connectivity index (χ3n) is 3.02. The van der Waals surface area contributed by atoms with E-state index in [2.05, 4.69) is 20.3 Å². The number of imidazole rings is 1. The van der Waals surface area contributed by atoms with Crippen LogP contribution in [-0.4, -0.2) is 19.5 Å². The Labute approximate surface area is 126 Å². The molecule has 0 saturated carbocycles. The largest absolute Gasteiger partial charge is 0.393 e. The Kier molecular flexibility index (Phi) is 3.70. The Morgan fingerprint density at radius 3 is 2.86 bits per heavy atom. The zero-order valence-electron chi connectivity index (χ0n) is 11.1. The minimum Gasteiger partial charge on any atom is -0.393 e. The van der Waals surface area contributed by atoms with Gasteiger partial charge in [0.15, 0.2) is 11.6 Å². The van der Waals surface area contributed by atoms with Gasteiger partial charge in [0.2, 0.25) is 0 Å². The predicted molar refractivity (Wildman–Crippen MR) is 82.3 cm³/mol. The summed E-state index contributed by atoms with van der Waals surface area (Å²) in [7, 11) is 0. The van der Waals surface area contributed by atoms with Crippen LogP contribution in [0.3, 0.4) is 0 Å². The molecule has 0 bridgehead atoms. The van der Waals surface area contributed by atoms with Crippen molar-refractivity contribution in [2.24, 2.45) is 0 Å². The van der Waals surface area contributed by atoms with Crippen molar-refractivity contribution in [2.75, 3.05) is 11.1 Å². The van der Waals surface area contributed by atoms with Gasteiger partial charge in [-0.2, -0.15) is 0 Å². The number of halogens is 1. The van der Waals surface area contributed by atoms with E-state index >= 15 is 0 Å². The third kappa shape index (κ3) is 2.80. The number of anilines is 2. The molecule has 3 rings (SSSR count). The lowest BCUT2D eigenvalue weighted by Crippen LogP contribution is -2.09. The molecule has 0 aliphatic rings. The average molecular weight is 301 g/mol. The first-order valence-corrected chi connectivity index (χ1v) is 6.69. The molecule has 2 aromatic heterocycles. The molecule has 21 heavy (non-hydrogen) atoms. The van der Waals surface area contributed by atoms with E-state index in [0.29, 0.717) is 28.9 Å². The molecule has 2 heterocycles. The molecule has 7 heteroatoms. The highest BCUT2D eigenvalue weighted by atomic mass is 35.5. The quantitative estimate of drug-likeness (QED) is 0.773. The van der Waals surface area contributed by atoms with Crippen LogP contribution in [0.2, 0.25) is 5.02 Å². The van der Waals surface area contributed by atoms with Crippen LogP contribution in [0.15, 0.2) is 49.3 Å². The summed E-state index contributed by atoms with van der Waals surface area (Å²) in [4.78, 5) is 12.3. The van der Waals surface area contributed by atoms with Crippen LogP contribution in [0.1, 0.15) is 5.56 Å². The maximum absolute atomic E-state index is 6.13. The van der Waals surface area contributed by atoms with Crippen molar-refractivity contribution in [1.82, 2.24) is 19.5 Å². The summed E-state index contributed by atoms with van der Waals surface area (Å²) >= 11 is 6.13. The highest BCUT2D eigenvalue weighted by Crippen LogP contribution is 2.23. The van der Waals surface area contributed by atoms with E-state index in [1.54, 1.807) is 23.3 Å². The van der Waals surface area contributed by atoms with E-state index < -0.39 is 0 Å². The number of nitrogens with zero attached hydrogens (tertiary/aromatic N) is 4. The fourth-order valence-corrected chi connectivity index (χ4v) is 2.14. The Morgan fingerprint density at radius 1 is 1.24 bits per heavy atom. The molecule has 0 radical (unpaired) electrons. The molecular weight excluding hydrogens is 288 g/mol. The molecule has 0 atom stereocenters. The highest BCUT2D eigenvalue weighted by Gasteiger charge is 2.09. The van der Waals surface area contributed by atoms with Crippen molar-refractivity contribution in [3.63, 3.8) is 0 Å². The molecule has 0 aliphatic heterocycles. The van der Waals surface area contributed by atoms with Crippen LogP contribution < -0.4 is 11.1 Å². The highest BCUT2D eigenvalue weighted by molar-refractivity contribution is 6.31. The lowest BCUT2D eigenvalue weighted by atomic mass is 10.2. The summed E-state index contributed by atoms with van der Waals surface area (Å²) < 4.78 is 1.73. The Morgan fingerprint density at radius 2 is 2.10 bits per heavy atom. The van der Waals surface area contributed by atoms with Crippen molar-refractivity contribution in [3.05, 3.63) is 59.9 Å². The van der Waals surface area contributed by atoms with Gasteiger partial charge in [-0.05, 0) is 11.6 Å². The van der Waals surface area contributed by atoms with Crippen LogP contribution in [-0.2, 0) is 6.54 Å². The van der Waals surface area contributed by atoms with Gasteiger partial charge in [0.05, 0.1) is 0 Å². The smallest absolute Gasteiger partial charge is 0.166 e. The minimum absolute atomic E-state index is 0.461. The van der Waals surface area contributed by atoms with Crippen molar-refractivity contribution in [3.8, 4) is 5.82 Å². The van der Waals surface area contributed by atoms with E-state index in [1.807, 2.05) is 24.3 Å². The van der Waals surface area contributed by atoms with Crippen molar-refractivity contribution < 1.29 is 0 Å². The fourth-order valence-electron chi connectivity index (χ4n) is 1.94. The maximum atomic E-state index is 6.13. The second-order valence-corrected chi connectivity index (χ2v) is 4.78. The Balaban J connectivity index is 1.84. The van der Waals surface area contributed by atoms with Gasteiger partial charge in [0.25, 0.3) is 0 Å². The monoisotopic (exact) mass is 300 g/mol. The third-order valence-corrected chi connectivity index (χ3v) is 3.38. The molecule has 1 aromatic carbocycles. The molecule has 0 spiro atoms. The molecule has 0 amide bonds. The van der Waals surface area contributed by atoms with Gasteiger partial charge in [-0.3, -0.25) is 4.57 Å². The Bertz CT molecular complexity index is 741. The molecule has 6 nitrogen and oxygen atoms in total. The van der Waals surface area contributed by atoms with Gasteiger partial charge >= 0.3 is 0 Å². The van der Waals surface area contributed by atoms with E-state index in [0.717, 1.165) is 5.56 Å². The lowest BCUT2D eigenvalue weighted by molar-refractivity contribution is 0.970. The zero-order valence-corrected chi connectivity index (χ0v) is 11.8. The van der Waals surface area contributed by atoms with Crippen molar-refractivity contribution >= 4 is 23.1 Å². The number of rotatable bonds is 4. The minimum atomic E-state index is 0.461. The number of nitrogens with two attached hydrogens (primary N) is 1. The van der Waals surface area contributed by atoms with Gasteiger partial charge in [-0.15, -0.1) is 0 Å². The average Bonchev–Trinajstić information content (AvgIpc) is 3.02. The zero-order chi connectivity index (χ0) is 14.7. The predicted octanol–water partition coefficient (Wildman–Crippen LogP) is 2.51. The van der Waals surface area contributed by atoms with Gasteiger partial charge in [-0.1, -0.05) is 29.8 Å². The molecule has 0 saturated heterocycles. The molecule has 0 fully saturated rings. The maximum Gasteiger partial charge on any atom is 0.166 e. The second-order valence-electron chi connectivity index (χ2n) is 4.37. The standard InChI is InChI=1S/C14H13ClN6/c15-11-4-2-1-3-10(11)7-18-13-12(16)14(20-8-19-13)21-6-5-17-9-21/h1-6,8-9H,7,16H2,(H,18,19,20). The molecule has 106 valence electrons. The van der Waals surface area contributed by atoms with Crippen molar-refractivity contribution in [1.29, 1.82) is 0 Å². The Hall–Kier alpha value is -2.60. The first-order chi connectivity index (χ1) is 10.3. The summed E-state index contributed by atoms with van der Waals surface area (Å²) in [6.45, 7) is 0.532. The van der Waals surface area contributed by atoms with Crippen LogP contribution in [0, 0.1) is 0 Å². The summed E-state index contributed by atoms with van der Waals surface area (Å²) in [5, 5.41) is 3.88. The van der Waals surface area contributed by atoms with Gasteiger partial charge in [0, 0.05) is 24.0 Å². The van der Waals surface area contributed by atoms with E-state index in [9.17, 15) is 0 Å². The molecule has 3 N–H and O–H groups in total. The SMILES string of the molecule is Nc1c(NCc2ccccc2Cl)ncnc1-n1ccnc1. The first-order valence-electron chi connectivity index (χ1n) is 6.32. The summed E-state index contributed by atoms with van der Waals surface area (Å²) in [6.07, 6.45) is 6.53. The first kappa shape index (κ1) is 13.4. The molecule has 3 aromatic rings. The number of hydrogen-bond acceptors (Lipinski definition) is 5. The molecular formula is C14H13ClN6. The number of nitrogens with one attached hydrogen (secondary N) is 1. The van der Waals surface area contributed by atoms with Gasteiger partial charge in [0.1, 0.15) is 18.3 Å². The van der Waals surface area contributed by atoms with E-state index in [-0.39, 0.29) is 0 Å². The second kappa shape index (κ2) is 5.80. The number of nitrogen functional groups attached to an aromatic ring is 1. The van der Waals surface area contributed by atoms with Crippen LogP contribution in [0.4, 0.5) is 11.5 Å². The van der Waals surface area contributed by atoms with E-state index in [4.69, 9.17) is 17.3 Å². The van der Waals surface area contributed by atoms with Crippen LogP contribution in [0.25, 0.3) is 5.82 Å². The van der Waals surface area contributed by atoms with Gasteiger partial charge < -0.3 is 11.1 Å². The lowest BCUT2D eigenvalue weighted by Gasteiger charge is -2.12. The fraction of sp³-hybridized carbons (Fsp3) is 0.0714. The van der Waals surface area contributed by atoms with Crippen LogP contribution in [0.5, 0.6) is 0 Å².